The van der Waals surface area contributed by atoms with E-state index in [4.69, 9.17) is 4.74 Å². The maximum atomic E-state index is 11.0. The summed E-state index contributed by atoms with van der Waals surface area (Å²) < 4.78 is 8.06. The topological polar surface area (TPSA) is 68.5 Å². The molecule has 3 aromatic rings. The van der Waals surface area contributed by atoms with Crippen LogP contribution in [0.15, 0.2) is 59.5 Å². The molecular formula is C29H40N4O2S. The van der Waals surface area contributed by atoms with E-state index in [9.17, 15) is 4.79 Å². The van der Waals surface area contributed by atoms with Crippen LogP contribution in [0.1, 0.15) is 58.2 Å². The minimum Gasteiger partial charge on any atom is -0.491 e. The maximum Gasteiger partial charge on any atom is 0.216 e. The van der Waals surface area contributed by atoms with E-state index in [1.807, 2.05) is 31.4 Å². The van der Waals surface area contributed by atoms with Crippen LogP contribution in [-0.4, -0.2) is 35.2 Å². The normalized spacial score (nSPS) is 11.9. The van der Waals surface area contributed by atoms with Crippen molar-refractivity contribution in [1.29, 1.82) is 0 Å². The summed E-state index contributed by atoms with van der Waals surface area (Å²) >= 11 is 1.63. The number of nitrogens with one attached hydrogen (secondary N) is 1. The lowest BCUT2D eigenvalue weighted by Crippen LogP contribution is -2.24. The van der Waals surface area contributed by atoms with Crippen LogP contribution in [-0.2, 0) is 17.8 Å². The summed E-state index contributed by atoms with van der Waals surface area (Å²) in [5.74, 6) is 0.902. The number of rotatable bonds is 11. The Bertz CT molecular complexity index is 1130. The number of ether oxygens (including phenoxy) is 1. The minimum absolute atomic E-state index is 0.00726. The van der Waals surface area contributed by atoms with Gasteiger partial charge in [-0.1, -0.05) is 32.9 Å². The molecule has 1 unspecified atom stereocenters. The second kappa shape index (κ2) is 15.7. The molecule has 194 valence electrons. The fourth-order valence-corrected chi connectivity index (χ4v) is 4.37. The number of pyridine rings is 1. The van der Waals surface area contributed by atoms with Gasteiger partial charge in [0.1, 0.15) is 5.75 Å². The first-order valence-corrected chi connectivity index (χ1v) is 13.5. The molecule has 1 atom stereocenters. The molecule has 1 N–H and O–H groups in total. The highest BCUT2D eigenvalue weighted by Crippen LogP contribution is 2.24. The highest BCUT2D eigenvalue weighted by atomic mass is 32.1. The highest BCUT2D eigenvalue weighted by Gasteiger charge is 2.09. The first kappa shape index (κ1) is 29.0. The van der Waals surface area contributed by atoms with Crippen LogP contribution in [0.2, 0.25) is 0 Å². The van der Waals surface area contributed by atoms with Crippen LogP contribution in [0.3, 0.4) is 0 Å². The van der Waals surface area contributed by atoms with Gasteiger partial charge < -0.3 is 14.6 Å². The molecule has 6 nitrogen and oxygen atoms in total. The minimum atomic E-state index is 0.00726. The van der Waals surface area contributed by atoms with Gasteiger partial charge in [0.15, 0.2) is 4.80 Å². The van der Waals surface area contributed by atoms with E-state index in [0.717, 1.165) is 53.3 Å². The Morgan fingerprint density at radius 3 is 2.56 bits per heavy atom. The summed E-state index contributed by atoms with van der Waals surface area (Å²) in [6.45, 7) is 13.0. The van der Waals surface area contributed by atoms with Crippen molar-refractivity contribution in [1.82, 2.24) is 14.9 Å². The van der Waals surface area contributed by atoms with Crippen molar-refractivity contribution in [3.05, 3.63) is 70.6 Å². The summed E-state index contributed by atoms with van der Waals surface area (Å²) in [7, 11) is 1.81. The number of nitrogens with zero attached hydrogens (tertiary/aromatic N) is 3. The number of thiazole rings is 1. The molecule has 0 saturated carbocycles. The van der Waals surface area contributed by atoms with Crippen LogP contribution >= 0.6 is 11.3 Å². The standard InChI is InChI=1S/C19H27N3O2S.C10H13N/c1-5-14(2)24-17-9-7-16(8-10-17)18-13-25-19(20-4)22(18)12-6-11-21-15(3)23;1-3-5-9-6-7-10(4-2)11-8-9/h7-10,13-14H,5-6,11-12H2,1-4H3,(H,21,23);4,6-8H,2-3,5H2,1H3. The van der Waals surface area contributed by atoms with E-state index in [2.05, 4.69) is 70.8 Å². The van der Waals surface area contributed by atoms with E-state index < -0.39 is 0 Å². The summed E-state index contributed by atoms with van der Waals surface area (Å²) in [4.78, 5) is 20.6. The van der Waals surface area contributed by atoms with Crippen LogP contribution in [0.4, 0.5) is 0 Å². The lowest BCUT2D eigenvalue weighted by molar-refractivity contribution is -0.118. The van der Waals surface area contributed by atoms with Gasteiger partial charge in [0.05, 0.1) is 17.5 Å². The third-order valence-electron chi connectivity index (χ3n) is 5.58. The number of benzene rings is 1. The van der Waals surface area contributed by atoms with Crippen molar-refractivity contribution in [3.63, 3.8) is 0 Å². The smallest absolute Gasteiger partial charge is 0.216 e. The number of carbonyl (C=O) groups is 1. The molecular weight excluding hydrogens is 468 g/mol. The van der Waals surface area contributed by atoms with Gasteiger partial charge in [-0.2, -0.15) is 0 Å². The molecule has 0 aliphatic carbocycles. The molecule has 0 aliphatic rings. The molecule has 0 spiro atoms. The fraction of sp³-hybridized carbons (Fsp3) is 0.414. The quantitative estimate of drug-likeness (QED) is 0.317. The predicted molar refractivity (Wildman–Crippen MR) is 151 cm³/mol. The lowest BCUT2D eigenvalue weighted by atomic mass is 10.1. The van der Waals surface area contributed by atoms with E-state index in [0.29, 0.717) is 6.54 Å². The zero-order valence-electron chi connectivity index (χ0n) is 22.3. The first-order valence-electron chi connectivity index (χ1n) is 12.6. The molecule has 0 radical (unpaired) electrons. The molecule has 0 bridgehead atoms. The van der Waals surface area contributed by atoms with Gasteiger partial charge in [0, 0.05) is 38.6 Å². The van der Waals surface area contributed by atoms with Crippen molar-refractivity contribution < 1.29 is 9.53 Å². The van der Waals surface area contributed by atoms with Gasteiger partial charge in [-0.15, -0.1) is 11.3 Å². The molecule has 3 rings (SSSR count). The van der Waals surface area contributed by atoms with E-state index in [1.54, 1.807) is 24.3 Å². The summed E-state index contributed by atoms with van der Waals surface area (Å²) in [5.41, 5.74) is 4.54. The van der Waals surface area contributed by atoms with Crippen LogP contribution in [0.5, 0.6) is 5.75 Å². The fourth-order valence-electron chi connectivity index (χ4n) is 3.47. The second-order valence-corrected chi connectivity index (χ2v) is 9.36. The maximum absolute atomic E-state index is 11.0. The Morgan fingerprint density at radius 2 is 2.00 bits per heavy atom. The lowest BCUT2D eigenvalue weighted by Gasteiger charge is -2.13. The SMILES string of the molecule is C=Cc1ccc(CCC)cn1.CCC(C)Oc1ccc(-c2csc(=NC)n2CCCNC(C)=O)cc1. The Kier molecular flexibility index (Phi) is 12.7. The van der Waals surface area contributed by atoms with Gasteiger partial charge in [-0.3, -0.25) is 14.8 Å². The van der Waals surface area contributed by atoms with Crippen molar-refractivity contribution in [2.24, 2.45) is 4.99 Å². The first-order chi connectivity index (χ1) is 17.4. The molecule has 0 fully saturated rings. The Balaban J connectivity index is 0.000000346. The predicted octanol–water partition coefficient (Wildman–Crippen LogP) is 6.13. The number of aromatic nitrogens is 2. The Hall–Kier alpha value is -3.19. The zero-order valence-corrected chi connectivity index (χ0v) is 23.1. The largest absolute Gasteiger partial charge is 0.491 e. The van der Waals surface area contributed by atoms with Gasteiger partial charge in [0.2, 0.25) is 5.91 Å². The van der Waals surface area contributed by atoms with Crippen molar-refractivity contribution in [2.45, 2.75) is 66.0 Å². The molecule has 7 heteroatoms. The molecule has 1 amide bonds. The Morgan fingerprint density at radius 1 is 1.25 bits per heavy atom. The van der Waals surface area contributed by atoms with Gasteiger partial charge in [0.25, 0.3) is 0 Å². The van der Waals surface area contributed by atoms with Crippen molar-refractivity contribution >= 4 is 23.3 Å². The van der Waals surface area contributed by atoms with Gasteiger partial charge in [-0.05, 0) is 73.7 Å². The molecule has 36 heavy (non-hydrogen) atoms. The van der Waals surface area contributed by atoms with Crippen LogP contribution < -0.4 is 14.9 Å². The van der Waals surface area contributed by atoms with Crippen molar-refractivity contribution in [3.8, 4) is 17.0 Å². The molecule has 0 saturated heterocycles. The number of carbonyl (C=O) groups excluding carboxylic acids is 1. The third kappa shape index (κ3) is 9.46. The average molecular weight is 509 g/mol. The van der Waals surface area contributed by atoms with E-state index >= 15 is 0 Å². The number of hydrogen-bond acceptors (Lipinski definition) is 5. The summed E-state index contributed by atoms with van der Waals surface area (Å²) in [6.07, 6.45) is 8.04. The van der Waals surface area contributed by atoms with Crippen molar-refractivity contribution in [2.75, 3.05) is 13.6 Å². The average Bonchev–Trinajstić information content (AvgIpc) is 3.30. The van der Waals surface area contributed by atoms with Crippen LogP contribution in [0.25, 0.3) is 17.3 Å². The number of hydrogen-bond donors (Lipinski definition) is 1. The number of amides is 1. The third-order valence-corrected chi connectivity index (χ3v) is 6.53. The molecule has 0 aliphatic heterocycles. The summed E-state index contributed by atoms with van der Waals surface area (Å²) in [5, 5.41) is 4.97. The second-order valence-electron chi connectivity index (χ2n) is 8.52. The van der Waals surface area contributed by atoms with E-state index in [1.165, 1.54) is 12.0 Å². The van der Waals surface area contributed by atoms with Crippen LogP contribution in [0, 0.1) is 0 Å². The monoisotopic (exact) mass is 508 g/mol. The zero-order chi connectivity index (χ0) is 26.3. The highest BCUT2D eigenvalue weighted by molar-refractivity contribution is 7.07. The number of aryl methyl sites for hydroxylation is 1. The summed E-state index contributed by atoms with van der Waals surface area (Å²) in [6, 6.07) is 12.3. The van der Waals surface area contributed by atoms with Gasteiger partial charge in [-0.25, -0.2) is 0 Å². The van der Waals surface area contributed by atoms with E-state index in [-0.39, 0.29) is 12.0 Å². The molecule has 1 aromatic carbocycles. The van der Waals surface area contributed by atoms with Gasteiger partial charge >= 0.3 is 0 Å². The Labute approximate surface area is 219 Å². The molecule has 2 heterocycles. The molecule has 2 aromatic heterocycles.